The van der Waals surface area contributed by atoms with Crippen LogP contribution >= 0.6 is 0 Å². The Kier molecular flexibility index (Phi) is 6.64. The van der Waals surface area contributed by atoms with Crippen molar-refractivity contribution < 1.29 is 23.0 Å². The number of benzene rings is 2. The van der Waals surface area contributed by atoms with Crippen LogP contribution in [0.5, 0.6) is 5.75 Å². The van der Waals surface area contributed by atoms with E-state index in [1.165, 1.54) is 56.2 Å². The molecule has 4 aliphatic carbocycles. The molecule has 1 heterocycles. The molecule has 0 radical (unpaired) electrons. The number of halogens is 3. The number of alkyl halides is 3. The fourth-order valence-electron chi connectivity index (χ4n) is 7.98. The first kappa shape index (κ1) is 25.1. The van der Waals surface area contributed by atoms with E-state index >= 15 is 0 Å². The van der Waals surface area contributed by atoms with Crippen LogP contribution in [0.15, 0.2) is 48.5 Å². The summed E-state index contributed by atoms with van der Waals surface area (Å²) in [4.78, 5) is 4.12. The van der Waals surface area contributed by atoms with E-state index in [1.807, 2.05) is 4.90 Å². The fraction of sp³-hybridized carbons (Fsp3) is 0.600. The van der Waals surface area contributed by atoms with Crippen molar-refractivity contribution in [3.05, 3.63) is 59.7 Å². The highest BCUT2D eigenvalue weighted by Crippen LogP contribution is 2.60. The summed E-state index contributed by atoms with van der Waals surface area (Å²) in [6.45, 7) is 3.34. The molecule has 0 aromatic heterocycles. The number of piperazine rings is 1. The molecule has 4 saturated carbocycles. The Bertz CT molecular complexity index is 1040. The second-order valence-electron chi connectivity index (χ2n) is 12.0. The standard InChI is InChI=1S/C30H37F3N2O2/c31-30(32,33)25-2-1-3-26(15-25)35-10-8-34(9-11-35)19-27(36)20-37-28-6-4-24(5-7-28)29-16-21-12-22(17-29)14-23(13-21)18-29/h1-7,15,21-23,27,36H,8-14,16-20H2/t21?,22?,23?,27-,29?/m0/s1. The van der Waals surface area contributed by atoms with Gasteiger partial charge in [0.15, 0.2) is 0 Å². The zero-order chi connectivity index (χ0) is 25.6. The summed E-state index contributed by atoms with van der Waals surface area (Å²) < 4.78 is 45.0. The van der Waals surface area contributed by atoms with Gasteiger partial charge in [-0.05, 0) is 97.6 Å². The molecular formula is C30H37F3N2O2. The summed E-state index contributed by atoms with van der Waals surface area (Å²) >= 11 is 0. The molecule has 7 heteroatoms. The Morgan fingerprint density at radius 2 is 1.51 bits per heavy atom. The SMILES string of the molecule is O[C@H](COc1ccc(C23CC4CC(CC(C4)C2)C3)cc1)CN1CCN(c2cccc(C(F)(F)F)c2)CC1. The van der Waals surface area contributed by atoms with Gasteiger partial charge in [0, 0.05) is 38.4 Å². The number of aliphatic hydroxyl groups excluding tert-OH is 1. The molecule has 2 aromatic carbocycles. The van der Waals surface area contributed by atoms with E-state index in [0.29, 0.717) is 43.8 Å². The van der Waals surface area contributed by atoms with E-state index in [2.05, 4.69) is 29.2 Å². The topological polar surface area (TPSA) is 35.9 Å². The third kappa shape index (κ3) is 5.35. The first-order chi connectivity index (χ1) is 17.8. The van der Waals surface area contributed by atoms with Crippen molar-refractivity contribution in [2.24, 2.45) is 17.8 Å². The number of nitrogens with zero attached hydrogens (tertiary/aromatic N) is 2. The number of rotatable bonds is 7. The molecule has 4 bridgehead atoms. The molecule has 1 aliphatic heterocycles. The molecular weight excluding hydrogens is 477 g/mol. The van der Waals surface area contributed by atoms with E-state index in [-0.39, 0.29) is 6.61 Å². The van der Waals surface area contributed by atoms with Gasteiger partial charge in [-0.1, -0.05) is 18.2 Å². The lowest BCUT2D eigenvalue weighted by molar-refractivity contribution is -0.137. The van der Waals surface area contributed by atoms with E-state index in [4.69, 9.17) is 4.74 Å². The van der Waals surface area contributed by atoms with Crippen molar-refractivity contribution >= 4 is 5.69 Å². The summed E-state index contributed by atoms with van der Waals surface area (Å²) in [5, 5.41) is 10.6. The van der Waals surface area contributed by atoms with Crippen molar-refractivity contribution in [2.45, 2.75) is 56.2 Å². The summed E-state index contributed by atoms with van der Waals surface area (Å²) in [6, 6.07) is 14.1. The van der Waals surface area contributed by atoms with Crippen molar-refractivity contribution in [1.82, 2.24) is 4.90 Å². The monoisotopic (exact) mass is 514 g/mol. The number of ether oxygens (including phenoxy) is 1. The predicted molar refractivity (Wildman–Crippen MR) is 138 cm³/mol. The van der Waals surface area contributed by atoms with Gasteiger partial charge in [-0.3, -0.25) is 4.90 Å². The molecule has 1 saturated heterocycles. The fourth-order valence-corrected chi connectivity index (χ4v) is 7.98. The summed E-state index contributed by atoms with van der Waals surface area (Å²) in [5.41, 5.74) is 1.82. The smallest absolute Gasteiger partial charge is 0.416 e. The van der Waals surface area contributed by atoms with E-state index in [1.54, 1.807) is 6.07 Å². The Morgan fingerprint density at radius 3 is 2.11 bits per heavy atom. The van der Waals surface area contributed by atoms with Crippen molar-refractivity contribution in [3.8, 4) is 5.75 Å². The Morgan fingerprint density at radius 1 is 0.892 bits per heavy atom. The van der Waals surface area contributed by atoms with Gasteiger partial charge in [-0.2, -0.15) is 13.2 Å². The maximum Gasteiger partial charge on any atom is 0.416 e. The molecule has 0 amide bonds. The van der Waals surface area contributed by atoms with Crippen LogP contribution in [0.1, 0.15) is 49.7 Å². The zero-order valence-corrected chi connectivity index (χ0v) is 21.3. The Labute approximate surface area is 217 Å². The lowest BCUT2D eigenvalue weighted by atomic mass is 9.48. The summed E-state index contributed by atoms with van der Waals surface area (Å²) in [7, 11) is 0. The molecule has 2 aromatic rings. The highest BCUT2D eigenvalue weighted by Gasteiger charge is 2.51. The van der Waals surface area contributed by atoms with Crippen molar-refractivity contribution in [1.29, 1.82) is 0 Å². The van der Waals surface area contributed by atoms with Gasteiger partial charge in [0.1, 0.15) is 18.5 Å². The number of hydrogen-bond acceptors (Lipinski definition) is 4. The van der Waals surface area contributed by atoms with Gasteiger partial charge in [-0.25, -0.2) is 0 Å². The van der Waals surface area contributed by atoms with Crippen LogP contribution in [0.2, 0.25) is 0 Å². The third-order valence-corrected chi connectivity index (χ3v) is 9.33. The molecule has 4 nitrogen and oxygen atoms in total. The molecule has 0 spiro atoms. The van der Waals surface area contributed by atoms with Crippen LogP contribution < -0.4 is 9.64 Å². The minimum atomic E-state index is -4.34. The number of β-amino-alcohol motifs (C(OH)–C–C–N with tert-alkyl or cyclic N) is 1. The third-order valence-electron chi connectivity index (χ3n) is 9.33. The van der Waals surface area contributed by atoms with Crippen LogP contribution in [-0.4, -0.2) is 55.4 Å². The molecule has 7 rings (SSSR count). The van der Waals surface area contributed by atoms with Gasteiger partial charge in [0.25, 0.3) is 0 Å². The minimum Gasteiger partial charge on any atom is -0.491 e. The van der Waals surface area contributed by atoms with Crippen LogP contribution in [0.25, 0.3) is 0 Å². The van der Waals surface area contributed by atoms with Gasteiger partial charge < -0.3 is 14.7 Å². The quantitative estimate of drug-likeness (QED) is 0.512. The summed E-state index contributed by atoms with van der Waals surface area (Å²) in [5.74, 6) is 3.56. The molecule has 37 heavy (non-hydrogen) atoms. The summed E-state index contributed by atoms with van der Waals surface area (Å²) in [6.07, 6.45) is 3.41. The van der Waals surface area contributed by atoms with Gasteiger partial charge in [0.05, 0.1) is 5.56 Å². The molecule has 5 aliphatic rings. The average molecular weight is 515 g/mol. The zero-order valence-electron chi connectivity index (χ0n) is 21.3. The normalized spacial score (nSPS) is 30.5. The largest absolute Gasteiger partial charge is 0.491 e. The van der Waals surface area contributed by atoms with E-state index < -0.39 is 17.8 Å². The first-order valence-electron chi connectivity index (χ1n) is 13.8. The van der Waals surface area contributed by atoms with Gasteiger partial charge in [-0.15, -0.1) is 0 Å². The van der Waals surface area contributed by atoms with E-state index in [0.717, 1.165) is 29.6 Å². The average Bonchev–Trinajstić information content (AvgIpc) is 2.87. The molecule has 200 valence electrons. The number of hydrogen-bond donors (Lipinski definition) is 1. The minimum absolute atomic E-state index is 0.227. The maximum absolute atomic E-state index is 13.0. The molecule has 1 atom stereocenters. The number of aliphatic hydroxyl groups is 1. The molecule has 0 unspecified atom stereocenters. The Balaban J connectivity index is 0.970. The molecule has 5 fully saturated rings. The lowest BCUT2D eigenvalue weighted by Gasteiger charge is -2.57. The van der Waals surface area contributed by atoms with Crippen LogP contribution in [0, 0.1) is 17.8 Å². The number of anilines is 1. The molecule has 1 N–H and O–H groups in total. The highest BCUT2D eigenvalue weighted by molar-refractivity contribution is 5.49. The lowest BCUT2D eigenvalue weighted by Crippen LogP contribution is -2.49. The Hall–Kier alpha value is -2.25. The highest BCUT2D eigenvalue weighted by atomic mass is 19.4. The van der Waals surface area contributed by atoms with Crippen LogP contribution in [0.4, 0.5) is 18.9 Å². The second-order valence-corrected chi connectivity index (χ2v) is 12.0. The van der Waals surface area contributed by atoms with Gasteiger partial charge >= 0.3 is 6.18 Å². The predicted octanol–water partition coefficient (Wildman–Crippen LogP) is 5.74. The van der Waals surface area contributed by atoms with Crippen LogP contribution in [0.3, 0.4) is 0 Å². The van der Waals surface area contributed by atoms with Crippen LogP contribution in [-0.2, 0) is 11.6 Å². The van der Waals surface area contributed by atoms with Gasteiger partial charge in [0.2, 0.25) is 0 Å². The van der Waals surface area contributed by atoms with Crippen molar-refractivity contribution in [2.75, 3.05) is 44.2 Å². The second kappa shape index (κ2) is 9.81. The van der Waals surface area contributed by atoms with E-state index in [9.17, 15) is 18.3 Å². The maximum atomic E-state index is 13.0. The van der Waals surface area contributed by atoms with Crippen molar-refractivity contribution in [3.63, 3.8) is 0 Å². The first-order valence-corrected chi connectivity index (χ1v) is 13.8.